The Hall–Kier alpha value is -1.69. The number of para-hydroxylation sites is 1. The van der Waals surface area contributed by atoms with Gasteiger partial charge in [-0.1, -0.05) is 18.2 Å². The highest BCUT2D eigenvalue weighted by Gasteiger charge is 2.27. The number of hydrogen-bond acceptors (Lipinski definition) is 4. The Bertz CT molecular complexity index is 775. The number of furan rings is 1. The number of carbonyl (C=O) groups excluding carboxylic acids is 1. The highest BCUT2D eigenvalue weighted by molar-refractivity contribution is 5.93. The van der Waals surface area contributed by atoms with E-state index in [0.717, 1.165) is 25.1 Å². The number of hydrogen-bond donors (Lipinski definition) is 2. The first-order valence-electron chi connectivity index (χ1n) is 9.62. The van der Waals surface area contributed by atoms with E-state index in [1.165, 1.54) is 24.1 Å². The van der Waals surface area contributed by atoms with Gasteiger partial charge in [-0.05, 0) is 62.9 Å². The van der Waals surface area contributed by atoms with E-state index in [1.807, 2.05) is 6.07 Å². The molecule has 1 saturated heterocycles. The molecule has 0 saturated carbocycles. The summed E-state index contributed by atoms with van der Waals surface area (Å²) in [6, 6.07) is 10.9. The van der Waals surface area contributed by atoms with Crippen molar-refractivity contribution in [2.45, 2.75) is 38.8 Å². The van der Waals surface area contributed by atoms with Crippen LogP contribution in [-0.4, -0.2) is 31.6 Å². The van der Waals surface area contributed by atoms with E-state index >= 15 is 0 Å². The largest absolute Gasteiger partial charge is 0.459 e. The summed E-state index contributed by atoms with van der Waals surface area (Å²) >= 11 is 0. The Morgan fingerprint density at radius 1 is 1.29 bits per heavy atom. The first-order chi connectivity index (χ1) is 12.7. The SMILES string of the molecule is CC1Cc2ccccc2N1Cc1ccoc1C(=O)NCC1CCCNC1.Cl.Cl. The van der Waals surface area contributed by atoms with Crippen LogP contribution in [0.3, 0.4) is 0 Å². The third-order valence-corrected chi connectivity index (χ3v) is 5.59. The summed E-state index contributed by atoms with van der Waals surface area (Å²) in [7, 11) is 0. The average Bonchev–Trinajstić information content (AvgIpc) is 3.26. The quantitative estimate of drug-likeness (QED) is 0.764. The molecule has 4 rings (SSSR count). The second kappa shape index (κ2) is 10.2. The monoisotopic (exact) mass is 425 g/mol. The van der Waals surface area contributed by atoms with Crippen LogP contribution in [0.15, 0.2) is 41.0 Å². The average molecular weight is 426 g/mol. The summed E-state index contributed by atoms with van der Waals surface area (Å²) in [6.45, 7) is 5.70. The van der Waals surface area contributed by atoms with Crippen LogP contribution in [0, 0.1) is 5.92 Å². The minimum atomic E-state index is -0.101. The van der Waals surface area contributed by atoms with Gasteiger partial charge in [0.25, 0.3) is 5.91 Å². The van der Waals surface area contributed by atoms with Crippen molar-refractivity contribution in [3.63, 3.8) is 0 Å². The highest BCUT2D eigenvalue weighted by atomic mass is 35.5. The fourth-order valence-electron chi connectivity index (χ4n) is 4.13. The summed E-state index contributed by atoms with van der Waals surface area (Å²) in [5, 5.41) is 6.45. The van der Waals surface area contributed by atoms with Gasteiger partial charge in [0.05, 0.1) is 6.26 Å². The molecule has 5 nitrogen and oxygen atoms in total. The summed E-state index contributed by atoms with van der Waals surface area (Å²) in [4.78, 5) is 15.0. The van der Waals surface area contributed by atoms with Crippen molar-refractivity contribution in [3.8, 4) is 0 Å². The van der Waals surface area contributed by atoms with Gasteiger partial charge in [0.2, 0.25) is 0 Å². The molecule has 2 aliphatic rings. The van der Waals surface area contributed by atoms with Crippen molar-refractivity contribution < 1.29 is 9.21 Å². The van der Waals surface area contributed by atoms with Crippen LogP contribution in [0.5, 0.6) is 0 Å². The number of halogens is 2. The number of nitrogens with one attached hydrogen (secondary N) is 2. The maximum atomic E-state index is 12.6. The van der Waals surface area contributed by atoms with Gasteiger partial charge in [0.15, 0.2) is 5.76 Å². The molecule has 0 spiro atoms. The van der Waals surface area contributed by atoms with E-state index in [4.69, 9.17) is 4.42 Å². The third kappa shape index (κ3) is 4.83. The van der Waals surface area contributed by atoms with E-state index in [0.29, 0.717) is 30.8 Å². The van der Waals surface area contributed by atoms with Crippen molar-refractivity contribution >= 4 is 36.4 Å². The molecule has 1 aromatic carbocycles. The molecule has 7 heteroatoms. The zero-order chi connectivity index (χ0) is 17.9. The maximum Gasteiger partial charge on any atom is 0.287 e. The van der Waals surface area contributed by atoms with Gasteiger partial charge < -0.3 is 20.0 Å². The standard InChI is InChI=1S/C21H27N3O2.2ClH/c1-15-11-17-6-2-3-7-19(17)24(15)14-18-8-10-26-20(18)21(25)23-13-16-5-4-9-22-12-16;;/h2-3,6-8,10,15-16,22H,4-5,9,11-14H2,1H3,(H,23,25);2*1H. The lowest BCUT2D eigenvalue weighted by molar-refractivity contribution is 0.0915. The number of anilines is 1. The molecular formula is C21H29Cl2N3O2. The number of carbonyl (C=O) groups is 1. The number of amides is 1. The Kier molecular flexibility index (Phi) is 8.23. The van der Waals surface area contributed by atoms with Crippen molar-refractivity contribution in [1.29, 1.82) is 0 Å². The predicted octanol–water partition coefficient (Wildman–Crippen LogP) is 3.80. The van der Waals surface area contributed by atoms with Gasteiger partial charge in [-0.2, -0.15) is 0 Å². The van der Waals surface area contributed by atoms with Crippen LogP contribution in [0.2, 0.25) is 0 Å². The lowest BCUT2D eigenvalue weighted by Gasteiger charge is -2.25. The molecule has 154 valence electrons. The van der Waals surface area contributed by atoms with E-state index in [9.17, 15) is 4.79 Å². The maximum absolute atomic E-state index is 12.6. The van der Waals surface area contributed by atoms with Crippen molar-refractivity contribution in [2.75, 3.05) is 24.5 Å². The fourth-order valence-corrected chi connectivity index (χ4v) is 4.13. The summed E-state index contributed by atoms with van der Waals surface area (Å²) in [5.74, 6) is 0.859. The van der Waals surface area contributed by atoms with Crippen LogP contribution in [0.4, 0.5) is 5.69 Å². The summed E-state index contributed by atoms with van der Waals surface area (Å²) in [6.07, 6.45) is 5.02. The fraction of sp³-hybridized carbons (Fsp3) is 0.476. The van der Waals surface area contributed by atoms with Gasteiger partial charge >= 0.3 is 0 Å². The molecule has 28 heavy (non-hydrogen) atoms. The normalized spacial score (nSPS) is 20.7. The van der Waals surface area contributed by atoms with E-state index in [2.05, 4.69) is 46.7 Å². The molecule has 3 heterocycles. The molecule has 2 N–H and O–H groups in total. The molecule has 2 aliphatic heterocycles. The lowest BCUT2D eigenvalue weighted by Crippen LogP contribution is -2.38. The Labute approximate surface area is 179 Å². The number of nitrogens with zero attached hydrogens (tertiary/aromatic N) is 1. The van der Waals surface area contributed by atoms with Gasteiger partial charge in [-0.15, -0.1) is 24.8 Å². The van der Waals surface area contributed by atoms with Crippen molar-refractivity contribution in [3.05, 3.63) is 53.5 Å². The summed E-state index contributed by atoms with van der Waals surface area (Å²) < 4.78 is 5.55. The molecule has 0 radical (unpaired) electrons. The van der Waals surface area contributed by atoms with E-state index in [1.54, 1.807) is 6.26 Å². The minimum Gasteiger partial charge on any atom is -0.459 e. The predicted molar refractivity (Wildman–Crippen MR) is 117 cm³/mol. The number of rotatable bonds is 5. The number of fused-ring (bicyclic) bond motifs is 1. The molecule has 2 atom stereocenters. The third-order valence-electron chi connectivity index (χ3n) is 5.59. The lowest BCUT2D eigenvalue weighted by atomic mass is 10.00. The van der Waals surface area contributed by atoms with Crippen LogP contribution in [0.25, 0.3) is 0 Å². The molecule has 0 bridgehead atoms. The molecule has 1 amide bonds. The van der Waals surface area contributed by atoms with Crippen molar-refractivity contribution in [1.82, 2.24) is 10.6 Å². The van der Waals surface area contributed by atoms with Crippen LogP contribution >= 0.6 is 24.8 Å². The second-order valence-electron chi connectivity index (χ2n) is 7.51. The number of piperidine rings is 1. The minimum absolute atomic E-state index is 0. The topological polar surface area (TPSA) is 57.5 Å². The Balaban J connectivity index is 0.00000140. The highest BCUT2D eigenvalue weighted by Crippen LogP contribution is 2.33. The molecule has 2 aromatic rings. The first kappa shape index (κ1) is 22.6. The van der Waals surface area contributed by atoms with Gasteiger partial charge in [0, 0.05) is 30.4 Å². The van der Waals surface area contributed by atoms with Crippen LogP contribution in [0.1, 0.15) is 41.4 Å². The summed E-state index contributed by atoms with van der Waals surface area (Å²) in [5.41, 5.74) is 3.59. The molecule has 1 aromatic heterocycles. The molecule has 0 aliphatic carbocycles. The zero-order valence-electron chi connectivity index (χ0n) is 16.1. The van der Waals surface area contributed by atoms with Crippen LogP contribution < -0.4 is 15.5 Å². The van der Waals surface area contributed by atoms with Gasteiger partial charge in [-0.3, -0.25) is 4.79 Å². The zero-order valence-corrected chi connectivity index (χ0v) is 17.8. The second-order valence-corrected chi connectivity index (χ2v) is 7.51. The Morgan fingerprint density at radius 2 is 2.11 bits per heavy atom. The molecule has 2 unspecified atom stereocenters. The van der Waals surface area contributed by atoms with E-state index < -0.39 is 0 Å². The first-order valence-corrected chi connectivity index (χ1v) is 9.62. The Morgan fingerprint density at radius 3 is 2.89 bits per heavy atom. The van der Waals surface area contributed by atoms with E-state index in [-0.39, 0.29) is 30.7 Å². The van der Waals surface area contributed by atoms with Crippen LogP contribution in [-0.2, 0) is 13.0 Å². The van der Waals surface area contributed by atoms with Crippen molar-refractivity contribution in [2.24, 2.45) is 5.92 Å². The smallest absolute Gasteiger partial charge is 0.287 e. The molecular weight excluding hydrogens is 397 g/mol. The van der Waals surface area contributed by atoms with Gasteiger partial charge in [-0.25, -0.2) is 0 Å². The van der Waals surface area contributed by atoms with Gasteiger partial charge in [0.1, 0.15) is 0 Å². The molecule has 1 fully saturated rings. The number of benzene rings is 1.